The molecular formula is C21H23N3O2. The van der Waals surface area contributed by atoms with Gasteiger partial charge in [0.1, 0.15) is 0 Å². The van der Waals surface area contributed by atoms with Crippen LogP contribution in [0.25, 0.3) is 6.08 Å². The van der Waals surface area contributed by atoms with Gasteiger partial charge in [0.15, 0.2) is 0 Å². The number of rotatable bonds is 5. The van der Waals surface area contributed by atoms with Crippen molar-refractivity contribution in [3.63, 3.8) is 0 Å². The maximum atomic E-state index is 12.3. The highest BCUT2D eigenvalue weighted by Crippen LogP contribution is 2.14. The molecule has 5 heteroatoms. The van der Waals surface area contributed by atoms with Crippen LogP contribution in [0, 0.1) is 20.8 Å². The third kappa shape index (κ3) is 5.14. The molecule has 0 heterocycles. The summed E-state index contributed by atoms with van der Waals surface area (Å²) in [6, 6.07) is 11.1. The second-order valence-corrected chi connectivity index (χ2v) is 6.07. The molecule has 26 heavy (non-hydrogen) atoms. The van der Waals surface area contributed by atoms with E-state index in [1.165, 1.54) is 11.6 Å². The minimum absolute atomic E-state index is 0.201. The van der Waals surface area contributed by atoms with Crippen molar-refractivity contribution >= 4 is 24.1 Å². The van der Waals surface area contributed by atoms with Crippen LogP contribution in [-0.4, -0.2) is 25.1 Å². The van der Waals surface area contributed by atoms with E-state index in [1.54, 1.807) is 37.5 Å². The lowest BCUT2D eigenvalue weighted by Gasteiger charge is -2.06. The Bertz CT molecular complexity index is 883. The number of aryl methyl sites for hydroxylation is 2. The van der Waals surface area contributed by atoms with E-state index in [0.29, 0.717) is 5.56 Å². The predicted octanol–water partition coefficient (Wildman–Crippen LogP) is 3.13. The zero-order chi connectivity index (χ0) is 19.1. The number of benzene rings is 2. The number of nitrogens with one attached hydrogen (secondary N) is 2. The first-order valence-corrected chi connectivity index (χ1v) is 8.32. The van der Waals surface area contributed by atoms with Crippen LogP contribution in [0.1, 0.15) is 38.2 Å². The monoisotopic (exact) mass is 349 g/mol. The van der Waals surface area contributed by atoms with Crippen LogP contribution in [0.15, 0.2) is 47.6 Å². The normalized spacial score (nSPS) is 11.1. The maximum Gasteiger partial charge on any atom is 0.271 e. The zero-order valence-corrected chi connectivity index (χ0v) is 15.5. The first-order valence-electron chi connectivity index (χ1n) is 8.32. The summed E-state index contributed by atoms with van der Waals surface area (Å²) in [6.45, 7) is 6.11. The van der Waals surface area contributed by atoms with E-state index < -0.39 is 0 Å². The molecule has 0 unspecified atom stereocenters. The summed E-state index contributed by atoms with van der Waals surface area (Å²) in [5.74, 6) is -0.508. The molecule has 0 bridgehead atoms. The van der Waals surface area contributed by atoms with Crippen LogP contribution in [-0.2, 0) is 4.79 Å². The van der Waals surface area contributed by atoms with Crippen LogP contribution in [0.5, 0.6) is 0 Å². The Labute approximate surface area is 153 Å². The maximum absolute atomic E-state index is 12.3. The molecule has 2 amide bonds. The number of carbonyl (C=O) groups is 2. The summed E-state index contributed by atoms with van der Waals surface area (Å²) in [5, 5.41) is 6.58. The molecule has 0 saturated heterocycles. The standard InChI is InChI=1S/C21H23N3O2/c1-14-10-15(2)16(3)19(11-14)13-23-24-21(26)18-7-5-6-17(12-18)8-9-20(25)22-4/h5-13H,1-4H3,(H,22,25)(H,24,26)/b9-8+,23-13+. The van der Waals surface area contributed by atoms with Crippen molar-refractivity contribution in [3.8, 4) is 0 Å². The van der Waals surface area contributed by atoms with Crippen molar-refractivity contribution in [1.82, 2.24) is 10.7 Å². The number of hydrazone groups is 1. The molecule has 134 valence electrons. The predicted molar refractivity (Wildman–Crippen MR) is 105 cm³/mol. The number of hydrogen-bond donors (Lipinski definition) is 2. The van der Waals surface area contributed by atoms with Gasteiger partial charge < -0.3 is 5.32 Å². The molecule has 5 nitrogen and oxygen atoms in total. The van der Waals surface area contributed by atoms with Gasteiger partial charge in [0, 0.05) is 18.7 Å². The number of hydrogen-bond acceptors (Lipinski definition) is 3. The van der Waals surface area contributed by atoms with Gasteiger partial charge >= 0.3 is 0 Å². The summed E-state index contributed by atoms with van der Waals surface area (Å²) in [5.41, 5.74) is 8.22. The Morgan fingerprint density at radius 1 is 1.08 bits per heavy atom. The smallest absolute Gasteiger partial charge is 0.271 e. The van der Waals surface area contributed by atoms with Crippen molar-refractivity contribution in [3.05, 3.63) is 75.9 Å². The Balaban J connectivity index is 2.09. The van der Waals surface area contributed by atoms with Crippen molar-refractivity contribution in [2.45, 2.75) is 20.8 Å². The molecule has 0 aliphatic heterocycles. The zero-order valence-electron chi connectivity index (χ0n) is 15.5. The first kappa shape index (κ1) is 19.1. The van der Waals surface area contributed by atoms with Gasteiger partial charge in [-0.1, -0.05) is 29.8 Å². The molecule has 0 atom stereocenters. The van der Waals surface area contributed by atoms with Gasteiger partial charge in [0.25, 0.3) is 5.91 Å². The molecule has 0 aliphatic carbocycles. The molecule has 2 N–H and O–H groups in total. The fourth-order valence-electron chi connectivity index (χ4n) is 2.47. The van der Waals surface area contributed by atoms with Crippen molar-refractivity contribution in [2.24, 2.45) is 5.10 Å². The summed E-state index contributed by atoms with van der Waals surface area (Å²) in [6.07, 6.45) is 4.72. The van der Waals surface area contributed by atoms with Gasteiger partial charge in [-0.3, -0.25) is 9.59 Å². The van der Waals surface area contributed by atoms with E-state index in [0.717, 1.165) is 22.3 Å². The number of nitrogens with zero attached hydrogens (tertiary/aromatic N) is 1. The molecule has 0 spiro atoms. The van der Waals surface area contributed by atoms with Crippen LogP contribution >= 0.6 is 0 Å². The Morgan fingerprint density at radius 3 is 2.58 bits per heavy atom. The molecule has 0 aromatic heterocycles. The number of carbonyl (C=O) groups excluding carboxylic acids is 2. The molecule has 0 saturated carbocycles. The van der Waals surface area contributed by atoms with Crippen LogP contribution in [0.3, 0.4) is 0 Å². The van der Waals surface area contributed by atoms with Gasteiger partial charge in [-0.05, 0) is 61.2 Å². The summed E-state index contributed by atoms with van der Waals surface area (Å²) in [7, 11) is 1.56. The fourth-order valence-corrected chi connectivity index (χ4v) is 2.47. The minimum Gasteiger partial charge on any atom is -0.356 e. The van der Waals surface area contributed by atoms with E-state index in [2.05, 4.69) is 28.8 Å². The van der Waals surface area contributed by atoms with E-state index in [9.17, 15) is 9.59 Å². The Hall–Kier alpha value is -3.21. The highest BCUT2D eigenvalue weighted by Gasteiger charge is 2.05. The average molecular weight is 349 g/mol. The third-order valence-electron chi connectivity index (χ3n) is 4.04. The number of amides is 2. The molecule has 0 fully saturated rings. The van der Waals surface area contributed by atoms with Gasteiger partial charge in [-0.2, -0.15) is 5.10 Å². The largest absolute Gasteiger partial charge is 0.356 e. The van der Waals surface area contributed by atoms with Crippen molar-refractivity contribution in [2.75, 3.05) is 7.05 Å². The average Bonchev–Trinajstić information content (AvgIpc) is 2.63. The summed E-state index contributed by atoms with van der Waals surface area (Å²) >= 11 is 0. The first-order chi connectivity index (χ1) is 12.4. The molecule has 2 aromatic rings. The second-order valence-electron chi connectivity index (χ2n) is 6.07. The van der Waals surface area contributed by atoms with E-state index in [4.69, 9.17) is 0 Å². The summed E-state index contributed by atoms with van der Waals surface area (Å²) < 4.78 is 0. The highest BCUT2D eigenvalue weighted by molar-refractivity contribution is 5.96. The van der Waals surface area contributed by atoms with Crippen molar-refractivity contribution in [1.29, 1.82) is 0 Å². The van der Waals surface area contributed by atoms with E-state index in [1.807, 2.05) is 26.0 Å². The molecule has 2 rings (SSSR count). The van der Waals surface area contributed by atoms with Crippen LogP contribution in [0.4, 0.5) is 0 Å². The second kappa shape index (κ2) is 8.76. The van der Waals surface area contributed by atoms with Crippen LogP contribution in [0.2, 0.25) is 0 Å². The van der Waals surface area contributed by atoms with Gasteiger partial charge in [-0.15, -0.1) is 0 Å². The van der Waals surface area contributed by atoms with E-state index >= 15 is 0 Å². The Morgan fingerprint density at radius 2 is 1.85 bits per heavy atom. The molecule has 2 aromatic carbocycles. The van der Waals surface area contributed by atoms with Gasteiger partial charge in [0.2, 0.25) is 5.91 Å². The molecule has 0 radical (unpaired) electrons. The lowest BCUT2D eigenvalue weighted by Crippen LogP contribution is -2.17. The highest BCUT2D eigenvalue weighted by atomic mass is 16.2. The Kier molecular flexibility index (Phi) is 6.44. The molecular weight excluding hydrogens is 326 g/mol. The third-order valence-corrected chi connectivity index (χ3v) is 4.04. The minimum atomic E-state index is -0.307. The van der Waals surface area contributed by atoms with Gasteiger partial charge in [-0.25, -0.2) is 5.43 Å². The lowest BCUT2D eigenvalue weighted by molar-refractivity contribution is -0.115. The van der Waals surface area contributed by atoms with Crippen LogP contribution < -0.4 is 10.7 Å². The van der Waals surface area contributed by atoms with Gasteiger partial charge in [0.05, 0.1) is 6.21 Å². The topological polar surface area (TPSA) is 70.6 Å². The SMILES string of the molecule is CNC(=O)/C=C/c1cccc(C(=O)N/N=C/c2cc(C)cc(C)c2C)c1. The lowest BCUT2D eigenvalue weighted by atomic mass is 10.0. The quantitative estimate of drug-likeness (QED) is 0.495. The van der Waals surface area contributed by atoms with Crippen molar-refractivity contribution < 1.29 is 9.59 Å². The fraction of sp³-hybridized carbons (Fsp3) is 0.190. The van der Waals surface area contributed by atoms with E-state index in [-0.39, 0.29) is 11.8 Å². The summed E-state index contributed by atoms with van der Waals surface area (Å²) in [4.78, 5) is 23.5. The number of likely N-dealkylation sites (N-methyl/N-ethyl adjacent to an activating group) is 1. The molecule has 0 aliphatic rings.